The molecular formula is C14H21Cl2N3O4. The summed E-state index contributed by atoms with van der Waals surface area (Å²) in [5.41, 5.74) is 0.0370. The first-order valence-corrected chi connectivity index (χ1v) is 6.85. The van der Waals surface area contributed by atoms with E-state index in [-0.39, 0.29) is 47.6 Å². The number of hydrogen-bond donors (Lipinski definition) is 4. The fourth-order valence-corrected chi connectivity index (χ4v) is 2.23. The Hall–Kier alpha value is -1.54. The third-order valence-electron chi connectivity index (χ3n) is 3.35. The van der Waals surface area contributed by atoms with Crippen molar-refractivity contribution in [1.29, 1.82) is 0 Å². The molecule has 1 heterocycles. The van der Waals surface area contributed by atoms with Crippen LogP contribution in [0.15, 0.2) is 18.2 Å². The van der Waals surface area contributed by atoms with Crippen LogP contribution >= 0.6 is 24.8 Å². The van der Waals surface area contributed by atoms with Crippen LogP contribution in [0, 0.1) is 0 Å². The number of carbonyl (C=O) groups excluding carboxylic acids is 1. The smallest absolute Gasteiger partial charge is 0.335 e. The van der Waals surface area contributed by atoms with Gasteiger partial charge in [0.1, 0.15) is 5.75 Å². The van der Waals surface area contributed by atoms with Crippen molar-refractivity contribution < 1.29 is 19.8 Å². The van der Waals surface area contributed by atoms with Gasteiger partial charge in [-0.05, 0) is 18.2 Å². The Labute approximate surface area is 146 Å². The molecule has 4 N–H and O–H groups in total. The molecular weight excluding hydrogens is 345 g/mol. The highest BCUT2D eigenvalue weighted by atomic mass is 35.5. The lowest BCUT2D eigenvalue weighted by Crippen LogP contribution is -2.46. The second-order valence-electron chi connectivity index (χ2n) is 4.92. The number of piperazine rings is 1. The van der Waals surface area contributed by atoms with Crippen molar-refractivity contribution in [1.82, 2.24) is 15.5 Å². The predicted molar refractivity (Wildman–Crippen MR) is 91.2 cm³/mol. The normalized spacial score (nSPS) is 14.3. The molecule has 0 saturated carbocycles. The van der Waals surface area contributed by atoms with Crippen molar-refractivity contribution in [2.45, 2.75) is 0 Å². The van der Waals surface area contributed by atoms with Gasteiger partial charge in [-0.25, -0.2) is 4.79 Å². The van der Waals surface area contributed by atoms with Crippen LogP contribution < -0.4 is 10.6 Å². The summed E-state index contributed by atoms with van der Waals surface area (Å²) in [6.07, 6.45) is 0. The summed E-state index contributed by atoms with van der Waals surface area (Å²) in [7, 11) is 0. The number of aromatic hydroxyl groups is 1. The van der Waals surface area contributed by atoms with E-state index >= 15 is 0 Å². The van der Waals surface area contributed by atoms with Crippen LogP contribution in [0.5, 0.6) is 5.75 Å². The molecule has 1 fully saturated rings. The number of carbonyl (C=O) groups is 2. The Morgan fingerprint density at radius 1 is 1.13 bits per heavy atom. The molecule has 2 rings (SSSR count). The Bertz CT molecular complexity index is 537. The van der Waals surface area contributed by atoms with Crippen molar-refractivity contribution in [2.75, 3.05) is 39.3 Å². The lowest BCUT2D eigenvalue weighted by Gasteiger charge is -2.27. The maximum Gasteiger partial charge on any atom is 0.335 e. The average Bonchev–Trinajstić information content (AvgIpc) is 2.47. The zero-order chi connectivity index (χ0) is 15.2. The van der Waals surface area contributed by atoms with E-state index in [0.29, 0.717) is 6.54 Å². The molecule has 7 nitrogen and oxygen atoms in total. The number of halogens is 2. The summed E-state index contributed by atoms with van der Waals surface area (Å²) in [4.78, 5) is 25.1. The lowest BCUT2D eigenvalue weighted by atomic mass is 10.1. The molecule has 1 aliphatic heterocycles. The van der Waals surface area contributed by atoms with Gasteiger partial charge in [0.15, 0.2) is 0 Å². The zero-order valence-corrected chi connectivity index (χ0v) is 14.1. The third kappa shape index (κ3) is 6.62. The van der Waals surface area contributed by atoms with Gasteiger partial charge in [0.05, 0.1) is 5.56 Å². The van der Waals surface area contributed by atoms with Gasteiger partial charge in [0.2, 0.25) is 0 Å². The molecule has 0 atom stereocenters. The van der Waals surface area contributed by atoms with E-state index in [1.165, 1.54) is 12.1 Å². The molecule has 23 heavy (non-hydrogen) atoms. The van der Waals surface area contributed by atoms with Gasteiger partial charge in [-0.15, -0.1) is 24.8 Å². The number of hydrogen-bond acceptors (Lipinski definition) is 5. The van der Waals surface area contributed by atoms with Gasteiger partial charge < -0.3 is 20.8 Å². The molecule has 0 aromatic heterocycles. The monoisotopic (exact) mass is 365 g/mol. The summed E-state index contributed by atoms with van der Waals surface area (Å²) in [5.74, 6) is -1.80. The minimum atomic E-state index is -1.18. The molecule has 0 spiro atoms. The SMILES string of the molecule is Cl.Cl.O=C(O)c1cc(O)cc(C(=O)NCCN2CCNCC2)c1. The number of phenolic OH excluding ortho intramolecular Hbond substituents is 1. The van der Waals surface area contributed by atoms with Gasteiger partial charge in [-0.1, -0.05) is 0 Å². The van der Waals surface area contributed by atoms with Crippen LogP contribution in [-0.4, -0.2) is 66.3 Å². The number of aromatic carboxylic acids is 1. The largest absolute Gasteiger partial charge is 0.508 e. The highest BCUT2D eigenvalue weighted by molar-refractivity contribution is 5.98. The number of carboxylic acids is 1. The van der Waals surface area contributed by atoms with E-state index in [1.54, 1.807) is 0 Å². The first-order valence-electron chi connectivity index (χ1n) is 6.85. The van der Waals surface area contributed by atoms with Gasteiger partial charge >= 0.3 is 5.97 Å². The summed E-state index contributed by atoms with van der Waals surface area (Å²) >= 11 is 0. The predicted octanol–water partition coefficient (Wildman–Crippen LogP) is 0.569. The number of benzene rings is 1. The fraction of sp³-hybridized carbons (Fsp3) is 0.429. The Morgan fingerprint density at radius 3 is 2.35 bits per heavy atom. The van der Waals surface area contributed by atoms with Crippen LogP contribution in [0.2, 0.25) is 0 Å². The van der Waals surface area contributed by atoms with Gasteiger partial charge in [-0.3, -0.25) is 9.69 Å². The van der Waals surface area contributed by atoms with Crippen molar-refractivity contribution >= 4 is 36.7 Å². The first-order chi connectivity index (χ1) is 10.1. The maximum absolute atomic E-state index is 12.0. The standard InChI is InChI=1S/C14H19N3O4.2ClH/c18-12-8-10(7-11(9-12)14(20)21)13(19)16-3-6-17-4-1-15-2-5-17;;/h7-9,15,18H,1-6H2,(H,16,19)(H,20,21);2*1H. The molecule has 0 aliphatic carbocycles. The molecule has 0 bridgehead atoms. The zero-order valence-electron chi connectivity index (χ0n) is 12.4. The highest BCUT2D eigenvalue weighted by Gasteiger charge is 2.13. The van der Waals surface area contributed by atoms with Crippen LogP contribution in [0.25, 0.3) is 0 Å². The van der Waals surface area contributed by atoms with Crippen molar-refractivity contribution in [3.05, 3.63) is 29.3 Å². The molecule has 1 aromatic carbocycles. The second-order valence-corrected chi connectivity index (χ2v) is 4.92. The number of rotatable bonds is 5. The van der Waals surface area contributed by atoms with E-state index in [9.17, 15) is 14.7 Å². The number of phenols is 1. The average molecular weight is 366 g/mol. The van der Waals surface area contributed by atoms with E-state index < -0.39 is 5.97 Å². The fourth-order valence-electron chi connectivity index (χ4n) is 2.23. The minimum absolute atomic E-state index is 0. The molecule has 1 aromatic rings. The van der Waals surface area contributed by atoms with Crippen molar-refractivity contribution in [3.63, 3.8) is 0 Å². The molecule has 9 heteroatoms. The van der Waals surface area contributed by atoms with Gasteiger partial charge in [0.25, 0.3) is 5.91 Å². The Morgan fingerprint density at radius 2 is 1.74 bits per heavy atom. The molecule has 1 saturated heterocycles. The summed E-state index contributed by atoms with van der Waals surface area (Å²) in [6.45, 7) is 5.02. The molecule has 1 amide bonds. The Balaban J connectivity index is 0.00000242. The maximum atomic E-state index is 12.0. The van der Waals surface area contributed by atoms with E-state index in [4.69, 9.17) is 5.11 Å². The number of nitrogens with zero attached hydrogens (tertiary/aromatic N) is 1. The van der Waals surface area contributed by atoms with E-state index in [2.05, 4.69) is 15.5 Å². The van der Waals surface area contributed by atoms with Crippen LogP contribution in [0.4, 0.5) is 0 Å². The van der Waals surface area contributed by atoms with Gasteiger partial charge in [0, 0.05) is 44.8 Å². The van der Waals surface area contributed by atoms with Crippen LogP contribution in [0.1, 0.15) is 20.7 Å². The second kappa shape index (κ2) is 10.3. The number of amides is 1. The lowest BCUT2D eigenvalue weighted by molar-refractivity contribution is 0.0696. The van der Waals surface area contributed by atoms with Crippen LogP contribution in [-0.2, 0) is 0 Å². The summed E-state index contributed by atoms with van der Waals surface area (Å²) < 4.78 is 0. The van der Waals surface area contributed by atoms with Crippen molar-refractivity contribution in [2.24, 2.45) is 0 Å². The first kappa shape index (κ1) is 21.5. The van der Waals surface area contributed by atoms with Gasteiger partial charge in [-0.2, -0.15) is 0 Å². The number of carboxylic acid groups (broad SMARTS) is 1. The molecule has 0 radical (unpaired) electrons. The molecule has 0 unspecified atom stereocenters. The topological polar surface area (TPSA) is 102 Å². The minimum Gasteiger partial charge on any atom is -0.508 e. The number of nitrogens with one attached hydrogen (secondary N) is 2. The van der Waals surface area contributed by atoms with E-state index in [0.717, 1.165) is 38.8 Å². The summed E-state index contributed by atoms with van der Waals surface area (Å²) in [5, 5.41) is 24.4. The third-order valence-corrected chi connectivity index (χ3v) is 3.35. The molecule has 130 valence electrons. The van der Waals surface area contributed by atoms with Crippen LogP contribution in [0.3, 0.4) is 0 Å². The molecule has 1 aliphatic rings. The Kier molecular flexibility index (Phi) is 9.59. The highest BCUT2D eigenvalue weighted by Crippen LogP contribution is 2.15. The van der Waals surface area contributed by atoms with E-state index in [1.807, 2.05) is 0 Å². The van der Waals surface area contributed by atoms with Crippen molar-refractivity contribution in [3.8, 4) is 5.75 Å². The quantitative estimate of drug-likeness (QED) is 0.608. The summed E-state index contributed by atoms with van der Waals surface area (Å²) in [6, 6.07) is 3.62.